The average molecular weight is 202 g/mol. The highest BCUT2D eigenvalue weighted by molar-refractivity contribution is 7.44. The van der Waals surface area contributed by atoms with Gasteiger partial charge in [0.1, 0.15) is 6.33 Å². The van der Waals surface area contributed by atoms with Gasteiger partial charge in [0.05, 0.1) is 23.2 Å². The number of anilines is 1. The Morgan fingerprint density at radius 2 is 1.92 bits per heavy atom. The van der Waals surface area contributed by atoms with Crippen LogP contribution in [0.4, 0.5) is 5.69 Å². The SMILES string of the molecule is NCc1ncnc(CP(O)O)c1N. The van der Waals surface area contributed by atoms with Gasteiger partial charge in [0, 0.05) is 6.54 Å². The second-order valence-corrected chi connectivity index (χ2v) is 3.48. The molecule has 0 aliphatic carbocycles. The second kappa shape index (κ2) is 4.43. The summed E-state index contributed by atoms with van der Waals surface area (Å²) in [4.78, 5) is 25.2. The maximum absolute atomic E-state index is 8.77. The van der Waals surface area contributed by atoms with E-state index in [1.807, 2.05) is 0 Å². The van der Waals surface area contributed by atoms with Gasteiger partial charge in [-0.3, -0.25) is 0 Å². The summed E-state index contributed by atoms with van der Waals surface area (Å²) in [5, 5.41) is 0. The van der Waals surface area contributed by atoms with Crippen molar-refractivity contribution in [2.24, 2.45) is 5.73 Å². The van der Waals surface area contributed by atoms with Crippen molar-refractivity contribution >= 4 is 14.1 Å². The fraction of sp³-hybridized carbons (Fsp3) is 0.333. The fourth-order valence-electron chi connectivity index (χ4n) is 0.897. The van der Waals surface area contributed by atoms with Crippen LogP contribution < -0.4 is 11.5 Å². The number of nitrogens with two attached hydrogens (primary N) is 2. The molecule has 0 fully saturated rings. The van der Waals surface area contributed by atoms with Crippen LogP contribution in [0.5, 0.6) is 0 Å². The summed E-state index contributed by atoms with van der Waals surface area (Å²) in [5.74, 6) is 0. The Morgan fingerprint density at radius 1 is 1.31 bits per heavy atom. The summed E-state index contributed by atoms with van der Waals surface area (Å²) < 4.78 is 0. The lowest BCUT2D eigenvalue weighted by Gasteiger charge is -2.07. The highest BCUT2D eigenvalue weighted by Crippen LogP contribution is 2.30. The van der Waals surface area contributed by atoms with E-state index in [4.69, 9.17) is 21.3 Å². The summed E-state index contributed by atoms with van der Waals surface area (Å²) in [6.45, 7) is 0.218. The zero-order chi connectivity index (χ0) is 9.84. The standard InChI is InChI=1S/C6H11N4O2P/c7-1-4-6(8)5(2-13(11)12)10-3-9-4/h3,11-12H,1-2,7-8H2. The first-order chi connectivity index (χ1) is 6.15. The number of aromatic nitrogens is 2. The third-order valence-corrected chi connectivity index (χ3v) is 2.12. The lowest BCUT2D eigenvalue weighted by Crippen LogP contribution is -2.08. The van der Waals surface area contributed by atoms with Crippen molar-refractivity contribution in [1.82, 2.24) is 9.97 Å². The summed E-state index contributed by atoms with van der Waals surface area (Å²) in [6, 6.07) is 0. The summed E-state index contributed by atoms with van der Waals surface area (Å²) in [7, 11) is -2.02. The predicted octanol–water partition coefficient (Wildman–Crippen LogP) is -0.686. The molecule has 13 heavy (non-hydrogen) atoms. The van der Waals surface area contributed by atoms with E-state index >= 15 is 0 Å². The van der Waals surface area contributed by atoms with Gasteiger partial charge in [-0.05, 0) is 0 Å². The van der Waals surface area contributed by atoms with E-state index in [1.165, 1.54) is 6.33 Å². The minimum atomic E-state index is -2.02. The fourth-order valence-corrected chi connectivity index (χ4v) is 1.42. The molecule has 0 aliphatic heterocycles. The molecule has 0 amide bonds. The molecule has 0 unspecified atom stereocenters. The Morgan fingerprint density at radius 3 is 2.46 bits per heavy atom. The molecule has 1 rings (SSSR count). The largest absolute Gasteiger partial charge is 0.396 e. The van der Waals surface area contributed by atoms with E-state index in [1.54, 1.807) is 0 Å². The zero-order valence-electron chi connectivity index (χ0n) is 6.88. The summed E-state index contributed by atoms with van der Waals surface area (Å²) in [6.07, 6.45) is 1.36. The molecule has 72 valence electrons. The molecule has 0 radical (unpaired) electrons. The molecule has 0 aromatic carbocycles. The Labute approximate surface area is 76.5 Å². The Bertz CT molecular complexity index is 294. The monoisotopic (exact) mass is 202 g/mol. The number of nitrogen functional groups attached to an aromatic ring is 1. The van der Waals surface area contributed by atoms with Crippen LogP contribution in [0.3, 0.4) is 0 Å². The van der Waals surface area contributed by atoms with Crippen LogP contribution >= 0.6 is 8.38 Å². The van der Waals surface area contributed by atoms with Gasteiger partial charge in [-0.1, -0.05) is 0 Å². The molecule has 7 heteroatoms. The van der Waals surface area contributed by atoms with Crippen LogP contribution in [-0.4, -0.2) is 19.8 Å². The van der Waals surface area contributed by atoms with E-state index in [9.17, 15) is 0 Å². The lowest BCUT2D eigenvalue weighted by atomic mass is 10.3. The average Bonchev–Trinajstić information content (AvgIpc) is 2.08. The first-order valence-corrected chi connectivity index (χ1v) is 5.02. The van der Waals surface area contributed by atoms with Crippen LogP contribution in [0.15, 0.2) is 6.33 Å². The topological polar surface area (TPSA) is 118 Å². The van der Waals surface area contributed by atoms with Gasteiger partial charge < -0.3 is 21.3 Å². The highest BCUT2D eigenvalue weighted by atomic mass is 31.2. The molecule has 0 saturated heterocycles. The zero-order valence-corrected chi connectivity index (χ0v) is 7.78. The number of hydrogen-bond donors (Lipinski definition) is 4. The Balaban J connectivity index is 2.94. The quantitative estimate of drug-likeness (QED) is 0.482. The molecular formula is C6H11N4O2P. The molecular weight excluding hydrogens is 191 g/mol. The summed E-state index contributed by atoms with van der Waals surface area (Å²) >= 11 is 0. The van der Waals surface area contributed by atoms with Gasteiger partial charge in [-0.15, -0.1) is 0 Å². The van der Waals surface area contributed by atoms with Crippen LogP contribution in [-0.2, 0) is 12.7 Å². The van der Waals surface area contributed by atoms with Crippen molar-refractivity contribution in [3.05, 3.63) is 17.7 Å². The maximum atomic E-state index is 8.77. The van der Waals surface area contributed by atoms with Crippen LogP contribution in [0, 0.1) is 0 Å². The van der Waals surface area contributed by atoms with E-state index < -0.39 is 8.38 Å². The highest BCUT2D eigenvalue weighted by Gasteiger charge is 2.09. The third kappa shape index (κ3) is 2.57. The second-order valence-electron chi connectivity index (χ2n) is 2.42. The minimum absolute atomic E-state index is 0.0523. The first kappa shape index (κ1) is 10.3. The molecule has 0 saturated carbocycles. The van der Waals surface area contributed by atoms with Crippen molar-refractivity contribution in [1.29, 1.82) is 0 Å². The van der Waals surface area contributed by atoms with Gasteiger partial charge in [-0.2, -0.15) is 0 Å². The van der Waals surface area contributed by atoms with Gasteiger partial charge in [0.25, 0.3) is 0 Å². The Kier molecular flexibility index (Phi) is 3.50. The van der Waals surface area contributed by atoms with Gasteiger partial charge in [-0.25, -0.2) is 9.97 Å². The van der Waals surface area contributed by atoms with Crippen molar-refractivity contribution in [3.8, 4) is 0 Å². The summed E-state index contributed by atoms with van der Waals surface area (Å²) in [5.41, 5.74) is 12.3. The van der Waals surface area contributed by atoms with Crippen molar-refractivity contribution in [2.75, 3.05) is 5.73 Å². The third-order valence-electron chi connectivity index (χ3n) is 1.53. The van der Waals surface area contributed by atoms with Crippen LogP contribution in [0.2, 0.25) is 0 Å². The molecule has 0 bridgehead atoms. The van der Waals surface area contributed by atoms with E-state index in [0.717, 1.165) is 0 Å². The van der Waals surface area contributed by atoms with E-state index in [2.05, 4.69) is 9.97 Å². The predicted molar refractivity (Wildman–Crippen MR) is 49.4 cm³/mol. The molecule has 0 atom stereocenters. The molecule has 6 N–H and O–H groups in total. The van der Waals surface area contributed by atoms with Crippen molar-refractivity contribution in [2.45, 2.75) is 12.7 Å². The molecule has 0 spiro atoms. The number of nitrogens with zero attached hydrogens (tertiary/aromatic N) is 2. The van der Waals surface area contributed by atoms with Crippen LogP contribution in [0.1, 0.15) is 11.4 Å². The normalized spacial score (nSPS) is 10.8. The smallest absolute Gasteiger partial charge is 0.171 e. The van der Waals surface area contributed by atoms with Crippen LogP contribution in [0.25, 0.3) is 0 Å². The van der Waals surface area contributed by atoms with Crippen molar-refractivity contribution < 1.29 is 9.79 Å². The minimum Gasteiger partial charge on any atom is -0.396 e. The van der Waals surface area contributed by atoms with Gasteiger partial charge in [0.15, 0.2) is 8.38 Å². The molecule has 6 nitrogen and oxygen atoms in total. The Hall–Kier alpha value is -0.810. The van der Waals surface area contributed by atoms with E-state index in [-0.39, 0.29) is 12.7 Å². The molecule has 1 aromatic rings. The van der Waals surface area contributed by atoms with Gasteiger partial charge >= 0.3 is 0 Å². The van der Waals surface area contributed by atoms with E-state index in [0.29, 0.717) is 17.1 Å². The number of rotatable bonds is 3. The number of hydrogen-bond acceptors (Lipinski definition) is 6. The maximum Gasteiger partial charge on any atom is 0.171 e. The molecule has 1 heterocycles. The van der Waals surface area contributed by atoms with Crippen molar-refractivity contribution in [3.63, 3.8) is 0 Å². The first-order valence-electron chi connectivity index (χ1n) is 3.58. The molecule has 0 aliphatic rings. The lowest BCUT2D eigenvalue weighted by molar-refractivity contribution is 0.481. The van der Waals surface area contributed by atoms with Gasteiger partial charge in [0.2, 0.25) is 0 Å². The molecule has 1 aromatic heterocycles.